The van der Waals surface area contributed by atoms with Crippen LogP contribution in [0.1, 0.15) is 24.2 Å². The van der Waals surface area contributed by atoms with Crippen LogP contribution in [0.4, 0.5) is 0 Å². The quantitative estimate of drug-likeness (QED) is 0.867. The zero-order valence-corrected chi connectivity index (χ0v) is 10.7. The number of amides is 1. The molecule has 0 saturated heterocycles. The summed E-state index contributed by atoms with van der Waals surface area (Å²) in [5.41, 5.74) is 5.93. The number of rotatable bonds is 3. The first kappa shape index (κ1) is 12.6. The van der Waals surface area contributed by atoms with Gasteiger partial charge in [0.05, 0.1) is 0 Å². The Kier molecular flexibility index (Phi) is 3.34. The van der Waals surface area contributed by atoms with Gasteiger partial charge in [0.15, 0.2) is 0 Å². The van der Waals surface area contributed by atoms with Crippen LogP contribution in [0.25, 0.3) is 10.8 Å². The van der Waals surface area contributed by atoms with Gasteiger partial charge in [-0.2, -0.15) is 0 Å². The van der Waals surface area contributed by atoms with Crippen LogP contribution in [-0.2, 0) is 0 Å². The molecule has 0 bridgehead atoms. The molecular weight excluding hydrogens is 224 g/mol. The van der Waals surface area contributed by atoms with E-state index >= 15 is 0 Å². The summed E-state index contributed by atoms with van der Waals surface area (Å²) in [6.07, 6.45) is 0. The summed E-state index contributed by atoms with van der Waals surface area (Å²) in [5.74, 6) is -0.0812. The van der Waals surface area contributed by atoms with Crippen molar-refractivity contribution in [2.45, 2.75) is 19.4 Å². The van der Waals surface area contributed by atoms with E-state index in [1.807, 2.05) is 56.3 Å². The highest BCUT2D eigenvalue weighted by Crippen LogP contribution is 2.18. The number of hydrogen-bond acceptors (Lipinski definition) is 2. The Hall–Kier alpha value is -1.87. The monoisotopic (exact) mass is 242 g/mol. The summed E-state index contributed by atoms with van der Waals surface area (Å²) < 4.78 is 0. The van der Waals surface area contributed by atoms with Crippen molar-refractivity contribution in [3.63, 3.8) is 0 Å². The molecule has 18 heavy (non-hydrogen) atoms. The molecule has 0 spiro atoms. The normalized spacial score (nSPS) is 11.5. The van der Waals surface area contributed by atoms with E-state index in [9.17, 15) is 4.79 Å². The lowest BCUT2D eigenvalue weighted by molar-refractivity contribution is 0.0917. The second-order valence-electron chi connectivity index (χ2n) is 5.07. The third-order valence-electron chi connectivity index (χ3n) is 3.00. The molecule has 0 unspecified atom stereocenters. The van der Waals surface area contributed by atoms with Crippen molar-refractivity contribution in [3.05, 3.63) is 48.0 Å². The molecule has 3 N–H and O–H groups in total. The molecule has 0 heterocycles. The van der Waals surface area contributed by atoms with E-state index in [2.05, 4.69) is 5.32 Å². The van der Waals surface area contributed by atoms with Gasteiger partial charge in [-0.05, 0) is 30.7 Å². The van der Waals surface area contributed by atoms with Crippen LogP contribution in [0, 0.1) is 0 Å². The number of nitrogens with two attached hydrogens (primary N) is 1. The second-order valence-corrected chi connectivity index (χ2v) is 5.07. The van der Waals surface area contributed by atoms with E-state index in [1.165, 1.54) is 0 Å². The largest absolute Gasteiger partial charge is 0.346 e. The fraction of sp³-hybridized carbons (Fsp3) is 0.267. The Labute approximate surface area is 107 Å². The van der Waals surface area contributed by atoms with Crippen LogP contribution in [0.3, 0.4) is 0 Å². The van der Waals surface area contributed by atoms with Gasteiger partial charge >= 0.3 is 0 Å². The van der Waals surface area contributed by atoms with E-state index < -0.39 is 5.54 Å². The van der Waals surface area contributed by atoms with Gasteiger partial charge in [0.2, 0.25) is 0 Å². The standard InChI is InChI=1S/C15H18N2O/c1-15(2,10-16)17-14(18)13-9-5-7-11-6-3-4-8-12(11)13/h3-9H,10,16H2,1-2H3,(H,17,18). The Morgan fingerprint density at radius 3 is 2.56 bits per heavy atom. The maximum atomic E-state index is 12.3. The van der Waals surface area contributed by atoms with E-state index in [1.54, 1.807) is 0 Å². The molecule has 2 aromatic carbocycles. The predicted molar refractivity (Wildman–Crippen MR) is 74.5 cm³/mol. The fourth-order valence-corrected chi connectivity index (χ4v) is 1.85. The summed E-state index contributed by atoms with van der Waals surface area (Å²) in [7, 11) is 0. The summed E-state index contributed by atoms with van der Waals surface area (Å²) in [6, 6.07) is 13.6. The molecule has 3 heteroatoms. The molecule has 2 rings (SSSR count). The second kappa shape index (κ2) is 4.78. The van der Waals surface area contributed by atoms with E-state index in [-0.39, 0.29) is 5.91 Å². The third-order valence-corrected chi connectivity index (χ3v) is 3.00. The topological polar surface area (TPSA) is 55.1 Å². The van der Waals surface area contributed by atoms with Crippen LogP contribution in [0.2, 0.25) is 0 Å². The van der Waals surface area contributed by atoms with Gasteiger partial charge in [0.1, 0.15) is 0 Å². The molecule has 0 atom stereocenters. The van der Waals surface area contributed by atoms with Crippen molar-refractivity contribution in [2.24, 2.45) is 5.73 Å². The average Bonchev–Trinajstić information content (AvgIpc) is 2.37. The molecule has 0 aliphatic heterocycles. The number of carbonyl (C=O) groups is 1. The molecule has 0 saturated carbocycles. The minimum atomic E-state index is -0.395. The highest BCUT2D eigenvalue weighted by molar-refractivity contribution is 6.07. The molecular formula is C15H18N2O. The zero-order valence-electron chi connectivity index (χ0n) is 10.7. The Balaban J connectivity index is 2.39. The molecule has 3 nitrogen and oxygen atoms in total. The lowest BCUT2D eigenvalue weighted by Crippen LogP contribution is -2.48. The van der Waals surface area contributed by atoms with Crippen molar-refractivity contribution >= 4 is 16.7 Å². The summed E-state index contributed by atoms with van der Waals surface area (Å²) >= 11 is 0. The Morgan fingerprint density at radius 1 is 1.17 bits per heavy atom. The molecule has 0 aliphatic rings. The first-order valence-corrected chi connectivity index (χ1v) is 6.04. The predicted octanol–water partition coefficient (Wildman–Crippen LogP) is 2.31. The minimum Gasteiger partial charge on any atom is -0.346 e. The lowest BCUT2D eigenvalue weighted by atomic mass is 10.0. The van der Waals surface area contributed by atoms with Crippen LogP contribution >= 0.6 is 0 Å². The van der Waals surface area contributed by atoms with Gasteiger partial charge in [-0.3, -0.25) is 4.79 Å². The summed E-state index contributed by atoms with van der Waals surface area (Å²) in [6.45, 7) is 4.23. The summed E-state index contributed by atoms with van der Waals surface area (Å²) in [5, 5.41) is 4.98. The van der Waals surface area contributed by atoms with Crippen LogP contribution in [0.5, 0.6) is 0 Å². The van der Waals surface area contributed by atoms with E-state index in [0.29, 0.717) is 12.1 Å². The maximum Gasteiger partial charge on any atom is 0.252 e. The van der Waals surface area contributed by atoms with Crippen molar-refractivity contribution in [2.75, 3.05) is 6.54 Å². The number of carbonyl (C=O) groups excluding carboxylic acids is 1. The number of benzene rings is 2. The first-order chi connectivity index (χ1) is 8.53. The molecule has 2 aromatic rings. The SMILES string of the molecule is CC(C)(CN)NC(=O)c1cccc2ccccc12. The van der Waals surface area contributed by atoms with Gasteiger partial charge < -0.3 is 11.1 Å². The molecule has 0 aliphatic carbocycles. The highest BCUT2D eigenvalue weighted by Gasteiger charge is 2.20. The molecule has 1 amide bonds. The average molecular weight is 242 g/mol. The number of hydrogen-bond donors (Lipinski definition) is 2. The van der Waals surface area contributed by atoms with Crippen LogP contribution in [-0.4, -0.2) is 18.0 Å². The molecule has 0 radical (unpaired) electrons. The van der Waals surface area contributed by atoms with Crippen LogP contribution in [0.15, 0.2) is 42.5 Å². The van der Waals surface area contributed by atoms with E-state index in [0.717, 1.165) is 10.8 Å². The van der Waals surface area contributed by atoms with Gasteiger partial charge in [0.25, 0.3) is 5.91 Å². The molecule has 0 fully saturated rings. The molecule has 0 aromatic heterocycles. The van der Waals surface area contributed by atoms with E-state index in [4.69, 9.17) is 5.73 Å². The van der Waals surface area contributed by atoms with Crippen LogP contribution < -0.4 is 11.1 Å². The van der Waals surface area contributed by atoms with Gasteiger partial charge in [-0.1, -0.05) is 36.4 Å². The number of fused-ring (bicyclic) bond motifs is 1. The number of nitrogens with one attached hydrogen (secondary N) is 1. The summed E-state index contributed by atoms with van der Waals surface area (Å²) in [4.78, 5) is 12.3. The lowest BCUT2D eigenvalue weighted by Gasteiger charge is -2.24. The molecule has 94 valence electrons. The fourth-order valence-electron chi connectivity index (χ4n) is 1.85. The van der Waals surface area contributed by atoms with Crippen molar-refractivity contribution in [3.8, 4) is 0 Å². The maximum absolute atomic E-state index is 12.3. The zero-order chi connectivity index (χ0) is 13.2. The van der Waals surface area contributed by atoms with Crippen molar-refractivity contribution in [1.82, 2.24) is 5.32 Å². The Morgan fingerprint density at radius 2 is 1.83 bits per heavy atom. The van der Waals surface area contributed by atoms with Gasteiger partial charge in [-0.25, -0.2) is 0 Å². The minimum absolute atomic E-state index is 0.0812. The van der Waals surface area contributed by atoms with Gasteiger partial charge in [0, 0.05) is 17.6 Å². The first-order valence-electron chi connectivity index (χ1n) is 6.04. The smallest absolute Gasteiger partial charge is 0.252 e. The highest BCUT2D eigenvalue weighted by atomic mass is 16.1. The Bertz CT molecular complexity index is 570. The van der Waals surface area contributed by atoms with Crippen molar-refractivity contribution in [1.29, 1.82) is 0 Å². The van der Waals surface area contributed by atoms with Gasteiger partial charge in [-0.15, -0.1) is 0 Å². The van der Waals surface area contributed by atoms with Crippen molar-refractivity contribution < 1.29 is 4.79 Å². The third kappa shape index (κ3) is 2.51.